The summed E-state index contributed by atoms with van der Waals surface area (Å²) in [7, 11) is 0. The molecular formula is C26H21FN6O2. The van der Waals surface area contributed by atoms with Gasteiger partial charge in [0, 0.05) is 30.5 Å². The molecule has 0 spiro atoms. The lowest BCUT2D eigenvalue weighted by Gasteiger charge is -2.09. The number of aromatic nitrogens is 4. The highest BCUT2D eigenvalue weighted by atomic mass is 19.1. The van der Waals surface area contributed by atoms with Gasteiger partial charge in [-0.3, -0.25) is 0 Å². The van der Waals surface area contributed by atoms with Crippen LogP contribution in [0, 0.1) is 5.82 Å². The van der Waals surface area contributed by atoms with Crippen LogP contribution in [0.15, 0.2) is 95.9 Å². The van der Waals surface area contributed by atoms with Gasteiger partial charge >= 0.3 is 6.03 Å². The van der Waals surface area contributed by atoms with E-state index in [9.17, 15) is 9.18 Å². The van der Waals surface area contributed by atoms with Gasteiger partial charge in [-0.1, -0.05) is 47.6 Å². The molecule has 5 aromatic rings. The number of carbonyl (C=O) groups excluding carboxylic acids is 1. The summed E-state index contributed by atoms with van der Waals surface area (Å²) in [5, 5.41) is 9.62. The Balaban J connectivity index is 1.17. The van der Waals surface area contributed by atoms with Crippen LogP contribution in [0.3, 0.4) is 0 Å². The first-order valence-electron chi connectivity index (χ1n) is 10.9. The third-order valence-corrected chi connectivity index (χ3v) is 5.25. The lowest BCUT2D eigenvalue weighted by atomic mass is 10.2. The van der Waals surface area contributed by atoms with Gasteiger partial charge in [-0.2, -0.15) is 4.98 Å². The topological polar surface area (TPSA) is 97.9 Å². The second kappa shape index (κ2) is 10.0. The van der Waals surface area contributed by atoms with Crippen LogP contribution in [0.2, 0.25) is 0 Å². The standard InChI is InChI=1S/C26H21FN6O2/c27-21-10-8-20(9-11-21)24-31-25(35-32-24)23-16-33(17-29-23)15-19-6-12-22(13-7-19)30-26(34)28-14-18-4-2-1-3-5-18/h1-13,16-17H,14-15H2,(H2,28,30,34). The molecule has 0 aliphatic carbocycles. The zero-order chi connectivity index (χ0) is 24.0. The Morgan fingerprint density at radius 1 is 0.943 bits per heavy atom. The van der Waals surface area contributed by atoms with Crippen LogP contribution in [0.4, 0.5) is 14.9 Å². The van der Waals surface area contributed by atoms with Crippen LogP contribution >= 0.6 is 0 Å². The number of nitrogens with zero attached hydrogens (tertiary/aromatic N) is 4. The van der Waals surface area contributed by atoms with Crippen LogP contribution < -0.4 is 10.6 Å². The first-order chi connectivity index (χ1) is 17.1. The molecule has 35 heavy (non-hydrogen) atoms. The minimum absolute atomic E-state index is 0.264. The van der Waals surface area contributed by atoms with E-state index in [4.69, 9.17) is 4.52 Å². The fourth-order valence-corrected chi connectivity index (χ4v) is 3.46. The zero-order valence-electron chi connectivity index (χ0n) is 18.6. The summed E-state index contributed by atoms with van der Waals surface area (Å²) in [6.45, 7) is 1.03. The highest BCUT2D eigenvalue weighted by Gasteiger charge is 2.13. The van der Waals surface area contributed by atoms with Gasteiger partial charge in [0.15, 0.2) is 0 Å². The first-order valence-corrected chi connectivity index (χ1v) is 10.9. The lowest BCUT2D eigenvalue weighted by molar-refractivity contribution is 0.251. The number of imidazole rings is 1. The Labute approximate surface area is 200 Å². The van der Waals surface area contributed by atoms with Gasteiger partial charge in [0.05, 0.1) is 6.33 Å². The number of hydrogen-bond donors (Lipinski definition) is 2. The van der Waals surface area contributed by atoms with Gasteiger partial charge in [0.1, 0.15) is 11.5 Å². The molecule has 0 unspecified atom stereocenters. The summed E-state index contributed by atoms with van der Waals surface area (Å²) in [4.78, 5) is 20.8. The zero-order valence-corrected chi connectivity index (χ0v) is 18.6. The normalized spacial score (nSPS) is 10.8. The number of rotatable bonds is 7. The van der Waals surface area contributed by atoms with Crippen molar-refractivity contribution in [2.75, 3.05) is 5.32 Å². The van der Waals surface area contributed by atoms with Crippen molar-refractivity contribution < 1.29 is 13.7 Å². The van der Waals surface area contributed by atoms with Crippen LogP contribution in [-0.4, -0.2) is 25.7 Å². The molecule has 2 N–H and O–H groups in total. The van der Waals surface area contributed by atoms with Crippen LogP contribution in [0.1, 0.15) is 11.1 Å². The minimum atomic E-state index is -0.327. The summed E-state index contributed by atoms with van der Waals surface area (Å²) < 4.78 is 20.3. The summed E-state index contributed by atoms with van der Waals surface area (Å²) >= 11 is 0. The molecule has 0 bridgehead atoms. The molecule has 0 saturated carbocycles. The second-order valence-corrected chi connectivity index (χ2v) is 7.85. The van der Waals surface area contributed by atoms with Crippen molar-refractivity contribution in [3.63, 3.8) is 0 Å². The van der Waals surface area contributed by atoms with Gasteiger partial charge in [-0.25, -0.2) is 14.2 Å². The Morgan fingerprint density at radius 2 is 1.71 bits per heavy atom. The molecule has 3 aromatic carbocycles. The Kier molecular flexibility index (Phi) is 6.29. The second-order valence-electron chi connectivity index (χ2n) is 7.85. The van der Waals surface area contributed by atoms with Gasteiger partial charge in [-0.05, 0) is 47.5 Å². The number of urea groups is 1. The molecule has 2 aromatic heterocycles. The van der Waals surface area contributed by atoms with E-state index in [-0.39, 0.29) is 17.7 Å². The lowest BCUT2D eigenvalue weighted by Crippen LogP contribution is -2.28. The van der Waals surface area contributed by atoms with E-state index in [1.807, 2.05) is 65.4 Å². The maximum absolute atomic E-state index is 13.1. The fourth-order valence-electron chi connectivity index (χ4n) is 3.46. The summed E-state index contributed by atoms with van der Waals surface area (Å²) in [6, 6.07) is 22.9. The molecule has 0 atom stereocenters. The van der Waals surface area contributed by atoms with E-state index in [2.05, 4.69) is 25.8 Å². The summed E-state index contributed by atoms with van der Waals surface area (Å²) in [5.41, 5.74) is 3.96. The summed E-state index contributed by atoms with van der Waals surface area (Å²) in [6.07, 6.45) is 3.49. The van der Waals surface area contributed by atoms with Crippen LogP contribution in [-0.2, 0) is 13.1 Å². The van der Waals surface area contributed by atoms with Gasteiger partial charge in [0.25, 0.3) is 5.89 Å². The Hall–Kier alpha value is -4.79. The van der Waals surface area contributed by atoms with E-state index in [1.54, 1.807) is 18.5 Å². The first kappa shape index (κ1) is 22.0. The summed E-state index contributed by atoms with van der Waals surface area (Å²) in [5.74, 6) is 0.320. The predicted molar refractivity (Wildman–Crippen MR) is 129 cm³/mol. The van der Waals surface area contributed by atoms with Gasteiger partial charge in [0.2, 0.25) is 5.82 Å². The number of nitrogens with one attached hydrogen (secondary N) is 2. The molecule has 0 radical (unpaired) electrons. The van der Waals surface area contributed by atoms with Crippen molar-refractivity contribution in [3.05, 3.63) is 108 Å². The molecule has 0 fully saturated rings. The van der Waals surface area contributed by atoms with E-state index in [0.29, 0.717) is 35.9 Å². The molecule has 0 aliphatic heterocycles. The third kappa shape index (κ3) is 5.59. The number of amides is 2. The van der Waals surface area contributed by atoms with E-state index in [1.165, 1.54) is 12.1 Å². The van der Waals surface area contributed by atoms with E-state index in [0.717, 1.165) is 11.1 Å². The van der Waals surface area contributed by atoms with Crippen molar-refractivity contribution in [2.45, 2.75) is 13.1 Å². The fraction of sp³-hybridized carbons (Fsp3) is 0.0769. The molecule has 9 heteroatoms. The Bertz CT molecular complexity index is 1410. The van der Waals surface area contributed by atoms with E-state index < -0.39 is 0 Å². The Morgan fingerprint density at radius 3 is 2.49 bits per heavy atom. The number of halogens is 1. The number of anilines is 1. The monoisotopic (exact) mass is 468 g/mol. The van der Waals surface area contributed by atoms with Crippen molar-refractivity contribution >= 4 is 11.7 Å². The van der Waals surface area contributed by atoms with Crippen LogP contribution in [0.5, 0.6) is 0 Å². The average Bonchev–Trinajstić information content (AvgIpc) is 3.55. The van der Waals surface area contributed by atoms with Gasteiger partial charge in [-0.15, -0.1) is 0 Å². The number of benzene rings is 3. The molecule has 5 rings (SSSR count). The minimum Gasteiger partial charge on any atom is -0.334 e. The molecular weight excluding hydrogens is 447 g/mol. The molecule has 2 amide bonds. The van der Waals surface area contributed by atoms with Crippen molar-refractivity contribution in [1.82, 2.24) is 25.0 Å². The van der Waals surface area contributed by atoms with Crippen molar-refractivity contribution in [1.29, 1.82) is 0 Å². The van der Waals surface area contributed by atoms with Gasteiger partial charge < -0.3 is 19.7 Å². The molecule has 8 nitrogen and oxygen atoms in total. The highest BCUT2D eigenvalue weighted by Crippen LogP contribution is 2.21. The maximum atomic E-state index is 13.1. The largest absolute Gasteiger partial charge is 0.334 e. The smallest absolute Gasteiger partial charge is 0.319 e. The molecule has 0 aliphatic rings. The molecule has 174 valence electrons. The quantitative estimate of drug-likeness (QED) is 0.346. The van der Waals surface area contributed by atoms with Crippen molar-refractivity contribution in [3.8, 4) is 23.0 Å². The average molecular weight is 468 g/mol. The number of hydrogen-bond acceptors (Lipinski definition) is 5. The highest BCUT2D eigenvalue weighted by molar-refractivity contribution is 5.89. The predicted octanol–water partition coefficient (Wildman–Crippen LogP) is 5.11. The van der Waals surface area contributed by atoms with Crippen LogP contribution in [0.25, 0.3) is 23.0 Å². The van der Waals surface area contributed by atoms with E-state index >= 15 is 0 Å². The SMILES string of the molecule is O=C(NCc1ccccc1)Nc1ccc(Cn2cnc(-c3nc(-c4ccc(F)cc4)no3)c2)cc1. The maximum Gasteiger partial charge on any atom is 0.319 e. The molecule has 0 saturated heterocycles. The van der Waals surface area contributed by atoms with Crippen molar-refractivity contribution in [2.24, 2.45) is 0 Å². The number of carbonyl (C=O) groups is 1. The third-order valence-electron chi connectivity index (χ3n) is 5.25. The molecule has 2 heterocycles.